The van der Waals surface area contributed by atoms with Crippen LogP contribution in [0.15, 0.2) is 60.7 Å². The van der Waals surface area contributed by atoms with Gasteiger partial charge in [-0.15, -0.1) is 11.3 Å². The number of nitrogens with one attached hydrogen (secondary N) is 2. The number of ether oxygens (including phenoxy) is 3. The SMILES string of the molecule is COc1ccc(-c2nc3ccccc3s2)cc1NC(=S)NC(=O)c1ccc2c(c1)OCO2. The van der Waals surface area contributed by atoms with Gasteiger partial charge < -0.3 is 19.5 Å². The van der Waals surface area contributed by atoms with Gasteiger partial charge in [-0.05, 0) is 60.7 Å². The fourth-order valence-electron chi connectivity index (χ4n) is 3.30. The Morgan fingerprint density at radius 2 is 1.94 bits per heavy atom. The van der Waals surface area contributed by atoms with E-state index in [0.29, 0.717) is 28.5 Å². The summed E-state index contributed by atoms with van der Waals surface area (Å²) in [5.74, 6) is 1.37. The van der Waals surface area contributed by atoms with E-state index in [9.17, 15) is 4.79 Å². The lowest BCUT2D eigenvalue weighted by molar-refractivity contribution is 0.0977. The minimum absolute atomic E-state index is 0.144. The van der Waals surface area contributed by atoms with Crippen molar-refractivity contribution >= 4 is 50.5 Å². The third kappa shape index (κ3) is 3.95. The van der Waals surface area contributed by atoms with Crippen LogP contribution in [0.25, 0.3) is 20.8 Å². The molecule has 2 N–H and O–H groups in total. The molecule has 7 nitrogen and oxygen atoms in total. The molecule has 0 fully saturated rings. The molecule has 2 heterocycles. The van der Waals surface area contributed by atoms with Crippen LogP contribution >= 0.6 is 23.6 Å². The molecule has 0 spiro atoms. The first-order chi connectivity index (χ1) is 15.6. The molecule has 0 unspecified atom stereocenters. The van der Waals surface area contributed by atoms with Crippen molar-refractivity contribution < 1.29 is 19.0 Å². The number of methoxy groups -OCH3 is 1. The molecule has 0 aliphatic carbocycles. The molecule has 5 rings (SSSR count). The first-order valence-electron chi connectivity index (χ1n) is 9.67. The number of nitrogens with zero attached hydrogens (tertiary/aromatic N) is 1. The summed E-state index contributed by atoms with van der Waals surface area (Å²) in [6.45, 7) is 0.144. The first-order valence-corrected chi connectivity index (χ1v) is 10.9. The average molecular weight is 464 g/mol. The maximum atomic E-state index is 12.6. The van der Waals surface area contributed by atoms with E-state index in [-0.39, 0.29) is 17.8 Å². The van der Waals surface area contributed by atoms with Crippen molar-refractivity contribution in [1.82, 2.24) is 10.3 Å². The fourth-order valence-corrected chi connectivity index (χ4v) is 4.47. The number of thiocarbonyl (C=S) groups is 1. The summed E-state index contributed by atoms with van der Waals surface area (Å²) in [7, 11) is 1.58. The number of carbonyl (C=O) groups is 1. The topological polar surface area (TPSA) is 81.7 Å². The van der Waals surface area contributed by atoms with Crippen LogP contribution in [0.5, 0.6) is 17.2 Å². The normalized spacial score (nSPS) is 11.9. The summed E-state index contributed by atoms with van der Waals surface area (Å²) >= 11 is 6.97. The van der Waals surface area contributed by atoms with Gasteiger partial charge in [-0.25, -0.2) is 4.98 Å². The van der Waals surface area contributed by atoms with E-state index in [1.165, 1.54) is 0 Å². The molecule has 0 bridgehead atoms. The van der Waals surface area contributed by atoms with E-state index >= 15 is 0 Å². The van der Waals surface area contributed by atoms with Crippen molar-refractivity contribution in [1.29, 1.82) is 0 Å². The zero-order chi connectivity index (χ0) is 22.1. The van der Waals surface area contributed by atoms with Crippen LogP contribution in [0.4, 0.5) is 5.69 Å². The monoisotopic (exact) mass is 463 g/mol. The summed E-state index contributed by atoms with van der Waals surface area (Å²) in [4.78, 5) is 17.3. The molecule has 1 aliphatic heterocycles. The van der Waals surface area contributed by atoms with Gasteiger partial charge in [0, 0.05) is 11.1 Å². The quantitative estimate of drug-likeness (QED) is 0.420. The number of benzene rings is 3. The standard InChI is InChI=1S/C23H17N3O4S2/c1-28-17-8-7-14(22-24-15-4-2-3-5-20(15)32-22)10-16(17)25-23(31)26-21(27)13-6-9-18-19(11-13)30-12-29-18/h2-11H,12H2,1H3,(H2,25,26,27,31). The van der Waals surface area contributed by atoms with Crippen molar-refractivity contribution in [2.24, 2.45) is 0 Å². The minimum Gasteiger partial charge on any atom is -0.495 e. The van der Waals surface area contributed by atoms with Crippen LogP contribution in [0.3, 0.4) is 0 Å². The molecule has 0 atom stereocenters. The number of anilines is 1. The van der Waals surface area contributed by atoms with Crippen molar-refractivity contribution in [3.05, 3.63) is 66.2 Å². The van der Waals surface area contributed by atoms with Crippen LogP contribution in [-0.2, 0) is 0 Å². The third-order valence-electron chi connectivity index (χ3n) is 4.85. The maximum absolute atomic E-state index is 12.6. The largest absolute Gasteiger partial charge is 0.495 e. The van der Waals surface area contributed by atoms with E-state index < -0.39 is 0 Å². The Hall–Kier alpha value is -3.69. The van der Waals surface area contributed by atoms with Gasteiger partial charge in [0.1, 0.15) is 10.8 Å². The first kappa shape index (κ1) is 20.2. The number of hydrogen-bond acceptors (Lipinski definition) is 7. The van der Waals surface area contributed by atoms with Crippen molar-refractivity contribution in [2.75, 3.05) is 19.2 Å². The fraction of sp³-hybridized carbons (Fsp3) is 0.0870. The molecule has 4 aromatic rings. The Kier molecular flexibility index (Phi) is 5.34. The molecular formula is C23H17N3O4S2. The highest BCUT2D eigenvalue weighted by Gasteiger charge is 2.17. The van der Waals surface area contributed by atoms with E-state index in [4.69, 9.17) is 31.4 Å². The van der Waals surface area contributed by atoms with Gasteiger partial charge in [-0.1, -0.05) is 12.1 Å². The van der Waals surface area contributed by atoms with Crippen LogP contribution in [0.1, 0.15) is 10.4 Å². The molecule has 32 heavy (non-hydrogen) atoms. The van der Waals surface area contributed by atoms with Crippen LogP contribution in [0.2, 0.25) is 0 Å². The molecule has 160 valence electrons. The number of hydrogen-bond donors (Lipinski definition) is 2. The van der Waals surface area contributed by atoms with Gasteiger partial charge in [-0.3, -0.25) is 10.1 Å². The summed E-state index contributed by atoms with van der Waals surface area (Å²) in [6.07, 6.45) is 0. The van der Waals surface area contributed by atoms with Crippen molar-refractivity contribution in [3.8, 4) is 27.8 Å². The Labute approximate surface area is 193 Å². The summed E-state index contributed by atoms with van der Waals surface area (Å²) in [5, 5.41) is 6.77. The second-order valence-electron chi connectivity index (χ2n) is 6.88. The molecule has 3 aromatic carbocycles. The Morgan fingerprint density at radius 1 is 1.09 bits per heavy atom. The summed E-state index contributed by atoms with van der Waals surface area (Å²) in [5.41, 5.74) is 2.90. The van der Waals surface area contributed by atoms with E-state index in [0.717, 1.165) is 20.8 Å². The molecule has 0 saturated heterocycles. The van der Waals surface area contributed by atoms with Gasteiger partial charge >= 0.3 is 0 Å². The Balaban J connectivity index is 1.35. The number of amides is 1. The number of rotatable bonds is 4. The number of aromatic nitrogens is 1. The molecule has 1 amide bonds. The van der Waals surface area contributed by atoms with Gasteiger partial charge in [0.2, 0.25) is 6.79 Å². The lowest BCUT2D eigenvalue weighted by Gasteiger charge is -2.14. The number of carbonyl (C=O) groups excluding carboxylic acids is 1. The highest BCUT2D eigenvalue weighted by atomic mass is 32.1. The van der Waals surface area contributed by atoms with Gasteiger partial charge in [0.25, 0.3) is 5.91 Å². The molecule has 9 heteroatoms. The third-order valence-corrected chi connectivity index (χ3v) is 6.14. The maximum Gasteiger partial charge on any atom is 0.257 e. The van der Waals surface area contributed by atoms with Crippen LogP contribution < -0.4 is 24.8 Å². The van der Waals surface area contributed by atoms with E-state index in [1.54, 1.807) is 36.6 Å². The molecule has 0 radical (unpaired) electrons. The Bertz CT molecular complexity index is 1320. The van der Waals surface area contributed by atoms with Crippen LogP contribution in [-0.4, -0.2) is 29.9 Å². The second-order valence-corrected chi connectivity index (χ2v) is 8.32. The zero-order valence-electron chi connectivity index (χ0n) is 16.9. The molecule has 1 aromatic heterocycles. The predicted molar refractivity (Wildman–Crippen MR) is 128 cm³/mol. The average Bonchev–Trinajstić information content (AvgIpc) is 3.45. The number of fused-ring (bicyclic) bond motifs is 2. The van der Waals surface area contributed by atoms with Gasteiger partial charge in [-0.2, -0.15) is 0 Å². The minimum atomic E-state index is -0.359. The van der Waals surface area contributed by atoms with E-state index in [2.05, 4.69) is 10.6 Å². The van der Waals surface area contributed by atoms with Crippen molar-refractivity contribution in [2.45, 2.75) is 0 Å². The summed E-state index contributed by atoms with van der Waals surface area (Å²) in [6, 6.07) is 18.6. The Morgan fingerprint density at radius 3 is 2.78 bits per heavy atom. The number of thiazole rings is 1. The molecule has 1 aliphatic rings. The van der Waals surface area contributed by atoms with Gasteiger partial charge in [0.15, 0.2) is 16.6 Å². The predicted octanol–water partition coefficient (Wildman–Crippen LogP) is 4.83. The molecule has 0 saturated carbocycles. The van der Waals surface area contributed by atoms with Gasteiger partial charge in [0.05, 0.1) is 23.0 Å². The molecular weight excluding hydrogens is 446 g/mol. The highest BCUT2D eigenvalue weighted by molar-refractivity contribution is 7.80. The number of para-hydroxylation sites is 1. The van der Waals surface area contributed by atoms with E-state index in [1.807, 2.05) is 42.5 Å². The summed E-state index contributed by atoms with van der Waals surface area (Å²) < 4.78 is 17.2. The van der Waals surface area contributed by atoms with Crippen molar-refractivity contribution in [3.63, 3.8) is 0 Å². The zero-order valence-corrected chi connectivity index (χ0v) is 18.5. The smallest absolute Gasteiger partial charge is 0.257 e. The van der Waals surface area contributed by atoms with Crippen LogP contribution in [0, 0.1) is 0 Å². The second kappa shape index (κ2) is 8.45. The highest BCUT2D eigenvalue weighted by Crippen LogP contribution is 2.35. The lowest BCUT2D eigenvalue weighted by atomic mass is 10.2. The lowest BCUT2D eigenvalue weighted by Crippen LogP contribution is -2.34.